The number of hydrogen-bond acceptors (Lipinski definition) is 4. The standard InChI is InChI=1S/C22H22FN3O3/c1-14(2)26(22(27)19-11-25(3)12-24-19)10-15-4-6-18(23)17(8-15)16-5-7-20-21(9-16)29-13-28-20/h4-9,11-12,14H,10,13H2,1-3H3. The van der Waals surface area contributed by atoms with Crippen LogP contribution < -0.4 is 9.47 Å². The molecular weight excluding hydrogens is 373 g/mol. The molecule has 0 N–H and O–H groups in total. The second-order valence-electron chi connectivity index (χ2n) is 7.33. The largest absolute Gasteiger partial charge is 0.454 e. The third kappa shape index (κ3) is 3.81. The van der Waals surface area contributed by atoms with Crippen LogP contribution in [0.1, 0.15) is 29.9 Å². The van der Waals surface area contributed by atoms with Crippen molar-refractivity contribution in [2.45, 2.75) is 26.4 Å². The van der Waals surface area contributed by atoms with E-state index < -0.39 is 0 Å². The average molecular weight is 395 g/mol. The fraction of sp³-hybridized carbons (Fsp3) is 0.273. The molecule has 7 heteroatoms. The molecule has 2 aromatic carbocycles. The molecule has 0 bridgehead atoms. The Morgan fingerprint density at radius 3 is 2.72 bits per heavy atom. The van der Waals surface area contributed by atoms with Gasteiger partial charge in [0.05, 0.1) is 6.33 Å². The van der Waals surface area contributed by atoms with Gasteiger partial charge in [0, 0.05) is 31.4 Å². The summed E-state index contributed by atoms with van der Waals surface area (Å²) in [6.45, 7) is 4.41. The summed E-state index contributed by atoms with van der Waals surface area (Å²) in [5, 5.41) is 0. The molecular formula is C22H22FN3O3. The fourth-order valence-electron chi connectivity index (χ4n) is 3.31. The minimum absolute atomic E-state index is 0.0384. The predicted molar refractivity (Wildman–Crippen MR) is 106 cm³/mol. The normalized spacial score (nSPS) is 12.4. The number of benzene rings is 2. The van der Waals surface area contributed by atoms with Gasteiger partial charge in [-0.25, -0.2) is 9.37 Å². The van der Waals surface area contributed by atoms with Gasteiger partial charge in [0.25, 0.3) is 5.91 Å². The Kier molecular flexibility index (Phi) is 4.96. The number of carbonyl (C=O) groups excluding carboxylic acids is 1. The van der Waals surface area contributed by atoms with E-state index in [0.717, 1.165) is 5.56 Å². The highest BCUT2D eigenvalue weighted by Crippen LogP contribution is 2.37. The molecule has 0 unspecified atom stereocenters. The third-order valence-electron chi connectivity index (χ3n) is 4.88. The topological polar surface area (TPSA) is 56.6 Å². The van der Waals surface area contributed by atoms with E-state index in [2.05, 4.69) is 4.98 Å². The Bertz CT molecular complexity index is 1060. The van der Waals surface area contributed by atoms with E-state index in [1.165, 1.54) is 6.07 Å². The molecule has 0 spiro atoms. The van der Waals surface area contributed by atoms with Crippen LogP contribution in [0.4, 0.5) is 4.39 Å². The lowest BCUT2D eigenvalue weighted by Gasteiger charge is -2.26. The Morgan fingerprint density at radius 1 is 1.21 bits per heavy atom. The SMILES string of the molecule is CC(C)N(Cc1ccc(F)c(-c2ccc3c(c2)OCO3)c1)C(=O)c1cn(C)cn1. The van der Waals surface area contributed by atoms with Crippen LogP contribution in [0.3, 0.4) is 0 Å². The highest BCUT2D eigenvalue weighted by atomic mass is 19.1. The van der Waals surface area contributed by atoms with Gasteiger partial charge in [0.15, 0.2) is 11.5 Å². The number of hydrogen-bond donors (Lipinski definition) is 0. The minimum Gasteiger partial charge on any atom is -0.454 e. The summed E-state index contributed by atoms with van der Waals surface area (Å²) < 4.78 is 27.0. The van der Waals surface area contributed by atoms with Crippen molar-refractivity contribution in [1.29, 1.82) is 0 Å². The van der Waals surface area contributed by atoms with E-state index >= 15 is 0 Å². The van der Waals surface area contributed by atoms with E-state index in [9.17, 15) is 9.18 Å². The molecule has 0 atom stereocenters. The molecule has 1 aromatic heterocycles. The molecule has 150 valence electrons. The second-order valence-corrected chi connectivity index (χ2v) is 7.33. The monoisotopic (exact) mass is 395 g/mol. The smallest absolute Gasteiger partial charge is 0.274 e. The van der Waals surface area contributed by atoms with Gasteiger partial charge < -0.3 is 18.9 Å². The van der Waals surface area contributed by atoms with Crippen molar-refractivity contribution < 1.29 is 18.7 Å². The molecule has 0 saturated carbocycles. The first-order valence-corrected chi connectivity index (χ1v) is 9.40. The van der Waals surface area contributed by atoms with Crippen molar-refractivity contribution in [2.24, 2.45) is 7.05 Å². The van der Waals surface area contributed by atoms with Gasteiger partial charge in [-0.2, -0.15) is 0 Å². The van der Waals surface area contributed by atoms with Crippen LogP contribution >= 0.6 is 0 Å². The third-order valence-corrected chi connectivity index (χ3v) is 4.88. The van der Waals surface area contributed by atoms with Crippen molar-refractivity contribution in [3.63, 3.8) is 0 Å². The van der Waals surface area contributed by atoms with Gasteiger partial charge in [-0.05, 0) is 49.2 Å². The lowest BCUT2D eigenvalue weighted by molar-refractivity contribution is 0.0684. The summed E-state index contributed by atoms with van der Waals surface area (Å²) in [7, 11) is 1.82. The summed E-state index contributed by atoms with van der Waals surface area (Å²) in [6, 6.07) is 10.2. The summed E-state index contributed by atoms with van der Waals surface area (Å²) in [5.41, 5.74) is 2.37. The van der Waals surface area contributed by atoms with Gasteiger partial charge in [-0.15, -0.1) is 0 Å². The van der Waals surface area contributed by atoms with Gasteiger partial charge in [-0.3, -0.25) is 4.79 Å². The number of imidazole rings is 1. The first-order valence-electron chi connectivity index (χ1n) is 9.40. The van der Waals surface area contributed by atoms with Crippen molar-refractivity contribution in [3.8, 4) is 22.6 Å². The molecule has 0 radical (unpaired) electrons. The minimum atomic E-state index is -0.334. The maximum atomic E-state index is 14.6. The van der Waals surface area contributed by atoms with Crippen LogP contribution in [0.5, 0.6) is 11.5 Å². The van der Waals surface area contributed by atoms with Crippen molar-refractivity contribution in [1.82, 2.24) is 14.5 Å². The predicted octanol–water partition coefficient (Wildman–Crippen LogP) is 4.01. The summed E-state index contributed by atoms with van der Waals surface area (Å²) in [5.74, 6) is 0.757. The first-order chi connectivity index (χ1) is 13.9. The van der Waals surface area contributed by atoms with E-state index in [1.807, 2.05) is 20.9 Å². The van der Waals surface area contributed by atoms with Gasteiger partial charge in [-0.1, -0.05) is 12.1 Å². The van der Waals surface area contributed by atoms with Crippen LogP contribution in [0.15, 0.2) is 48.9 Å². The van der Waals surface area contributed by atoms with Crippen LogP contribution in [0.25, 0.3) is 11.1 Å². The van der Waals surface area contributed by atoms with E-state index in [4.69, 9.17) is 9.47 Å². The number of carbonyl (C=O) groups is 1. The second kappa shape index (κ2) is 7.58. The van der Waals surface area contributed by atoms with E-state index in [1.54, 1.807) is 52.3 Å². The lowest BCUT2D eigenvalue weighted by Crippen LogP contribution is -2.36. The van der Waals surface area contributed by atoms with Gasteiger partial charge >= 0.3 is 0 Å². The lowest BCUT2D eigenvalue weighted by atomic mass is 10.0. The number of aryl methyl sites for hydroxylation is 1. The number of aromatic nitrogens is 2. The Labute approximate surface area is 168 Å². The number of nitrogens with zero attached hydrogens (tertiary/aromatic N) is 3. The van der Waals surface area contributed by atoms with Crippen molar-refractivity contribution in [2.75, 3.05) is 6.79 Å². The maximum absolute atomic E-state index is 14.6. The number of ether oxygens (including phenoxy) is 2. The average Bonchev–Trinajstić information content (AvgIpc) is 3.34. The number of rotatable bonds is 5. The molecule has 1 aliphatic rings. The highest BCUT2D eigenvalue weighted by Gasteiger charge is 2.22. The molecule has 29 heavy (non-hydrogen) atoms. The van der Waals surface area contributed by atoms with Crippen molar-refractivity contribution >= 4 is 5.91 Å². The zero-order valence-corrected chi connectivity index (χ0v) is 16.6. The molecule has 4 rings (SSSR count). The molecule has 0 fully saturated rings. The molecule has 0 saturated heterocycles. The Morgan fingerprint density at radius 2 is 2.00 bits per heavy atom. The molecule has 3 aromatic rings. The summed E-state index contributed by atoms with van der Waals surface area (Å²) >= 11 is 0. The van der Waals surface area contributed by atoms with Crippen LogP contribution in [-0.2, 0) is 13.6 Å². The van der Waals surface area contributed by atoms with E-state index in [0.29, 0.717) is 34.9 Å². The highest BCUT2D eigenvalue weighted by molar-refractivity contribution is 5.92. The van der Waals surface area contributed by atoms with E-state index in [-0.39, 0.29) is 24.6 Å². The van der Waals surface area contributed by atoms with Crippen LogP contribution in [-0.4, -0.2) is 33.2 Å². The number of fused-ring (bicyclic) bond motifs is 1. The number of amides is 1. The molecule has 1 amide bonds. The molecule has 0 aliphatic carbocycles. The van der Waals surface area contributed by atoms with Crippen LogP contribution in [0.2, 0.25) is 0 Å². The van der Waals surface area contributed by atoms with Gasteiger partial charge in [0.2, 0.25) is 6.79 Å². The molecule has 2 heterocycles. The zero-order valence-electron chi connectivity index (χ0n) is 16.6. The van der Waals surface area contributed by atoms with Crippen LogP contribution in [0, 0.1) is 5.82 Å². The maximum Gasteiger partial charge on any atom is 0.274 e. The molecule has 1 aliphatic heterocycles. The quantitative estimate of drug-likeness (QED) is 0.655. The first kappa shape index (κ1) is 19.0. The Hall–Kier alpha value is -3.35. The summed E-state index contributed by atoms with van der Waals surface area (Å²) in [6.07, 6.45) is 3.29. The Balaban J connectivity index is 1.63. The van der Waals surface area contributed by atoms with Crippen molar-refractivity contribution in [3.05, 3.63) is 66.0 Å². The van der Waals surface area contributed by atoms with Gasteiger partial charge in [0.1, 0.15) is 11.5 Å². The number of halogens is 1. The summed E-state index contributed by atoms with van der Waals surface area (Å²) in [4.78, 5) is 18.8. The zero-order chi connectivity index (χ0) is 20.5. The molecule has 6 nitrogen and oxygen atoms in total. The fourth-order valence-corrected chi connectivity index (χ4v) is 3.31.